The van der Waals surface area contributed by atoms with Gasteiger partial charge in [-0.25, -0.2) is 9.79 Å². The van der Waals surface area contributed by atoms with Crippen molar-refractivity contribution in [2.75, 3.05) is 12.9 Å². The topological polar surface area (TPSA) is 69.9 Å². The van der Waals surface area contributed by atoms with Gasteiger partial charge in [-0.3, -0.25) is 9.36 Å². The van der Waals surface area contributed by atoms with Gasteiger partial charge in [0, 0.05) is 20.5 Å². The highest BCUT2D eigenvalue weighted by molar-refractivity contribution is 9.10. The predicted octanol–water partition coefficient (Wildman–Crippen LogP) is 7.00. The zero-order valence-electron chi connectivity index (χ0n) is 24.6. The number of carbonyl (C=O) groups excluding carboxylic acids is 1. The van der Waals surface area contributed by atoms with E-state index in [-0.39, 0.29) is 12.2 Å². The van der Waals surface area contributed by atoms with E-state index in [1.807, 2.05) is 115 Å². The number of thioether (sulfide) groups is 1. The summed E-state index contributed by atoms with van der Waals surface area (Å²) in [6.07, 6.45) is 3.84. The number of ether oxygens (including phenoxy) is 2. The Bertz CT molecular complexity index is 2050. The van der Waals surface area contributed by atoms with Crippen LogP contribution in [0.2, 0.25) is 0 Å². The fourth-order valence-electron chi connectivity index (χ4n) is 5.18. The number of fused-ring (bicyclic) bond motifs is 1. The summed E-state index contributed by atoms with van der Waals surface area (Å²) in [5.41, 5.74) is 3.93. The Hall–Kier alpha value is -4.18. The zero-order chi connectivity index (χ0) is 31.3. The first-order chi connectivity index (χ1) is 22.0. The molecule has 0 bridgehead atoms. The first-order valence-corrected chi connectivity index (χ1v) is 17.2. The van der Waals surface area contributed by atoms with Gasteiger partial charge in [0.25, 0.3) is 5.56 Å². The van der Waals surface area contributed by atoms with Crippen LogP contribution in [0.4, 0.5) is 0 Å². The van der Waals surface area contributed by atoms with Crippen LogP contribution in [0.15, 0.2) is 128 Å². The molecule has 6 nitrogen and oxygen atoms in total. The van der Waals surface area contributed by atoms with E-state index in [0.29, 0.717) is 33.0 Å². The third-order valence-corrected chi connectivity index (χ3v) is 9.52. The number of halogens is 1. The maximum atomic E-state index is 14.3. The minimum Gasteiger partial charge on any atom is -0.488 e. The summed E-state index contributed by atoms with van der Waals surface area (Å²) in [5.74, 6) is 0.145. The molecule has 4 aromatic carbocycles. The molecule has 1 aliphatic heterocycles. The van der Waals surface area contributed by atoms with Gasteiger partial charge in [0.15, 0.2) is 4.80 Å². The van der Waals surface area contributed by atoms with Gasteiger partial charge in [-0.05, 0) is 60.7 Å². The lowest BCUT2D eigenvalue weighted by atomic mass is 9.93. The average Bonchev–Trinajstić information content (AvgIpc) is 3.38. The number of hydrogen-bond donors (Lipinski definition) is 0. The third kappa shape index (κ3) is 6.61. The lowest BCUT2D eigenvalue weighted by Crippen LogP contribution is -2.40. The maximum absolute atomic E-state index is 14.3. The van der Waals surface area contributed by atoms with Crippen LogP contribution < -0.4 is 19.6 Å². The van der Waals surface area contributed by atoms with Gasteiger partial charge in [0.2, 0.25) is 0 Å². The van der Waals surface area contributed by atoms with Crippen molar-refractivity contribution in [2.45, 2.75) is 24.5 Å². The Balaban J connectivity index is 1.55. The number of thiazole rings is 1. The monoisotopic (exact) mass is 696 g/mol. The second-order valence-electron chi connectivity index (χ2n) is 10.2. The van der Waals surface area contributed by atoms with Crippen molar-refractivity contribution in [3.8, 4) is 5.75 Å². The minimum absolute atomic E-state index is 0.196. The van der Waals surface area contributed by atoms with Gasteiger partial charge >= 0.3 is 5.97 Å². The molecule has 0 N–H and O–H groups in total. The van der Waals surface area contributed by atoms with E-state index < -0.39 is 12.0 Å². The highest BCUT2D eigenvalue weighted by Crippen LogP contribution is 2.36. The fourth-order valence-corrected chi connectivity index (χ4v) is 6.96. The minimum atomic E-state index is -0.732. The number of hydrogen-bond acceptors (Lipinski definition) is 7. The van der Waals surface area contributed by atoms with Gasteiger partial charge in [-0.2, -0.15) is 0 Å². The highest BCUT2D eigenvalue weighted by atomic mass is 79.9. The van der Waals surface area contributed by atoms with Crippen LogP contribution in [-0.4, -0.2) is 23.4 Å². The molecular formula is C36H29BrN2O4S2. The third-order valence-electron chi connectivity index (χ3n) is 7.30. The molecule has 45 heavy (non-hydrogen) atoms. The second kappa shape index (κ2) is 13.9. The summed E-state index contributed by atoms with van der Waals surface area (Å²) < 4.78 is 14.7. The molecule has 1 aromatic heterocycles. The number of aromatic nitrogens is 1. The standard InChI is InChI=1S/C36H29BrN2O4S2/c1-3-42-35(41)31-32(24-12-8-5-9-13-24)38-36-39(33(31)25-14-17-28(44-2)18-15-25)34(40)30(45-36)21-26-20-27(37)16-19-29(26)43-22-23-10-6-4-7-11-23/h4-21,33H,3,22H2,1-2H3/b30-21-/t33-/m1/s1. The molecule has 6 rings (SSSR count). The molecule has 226 valence electrons. The molecule has 0 fully saturated rings. The first kappa shape index (κ1) is 30.8. The smallest absolute Gasteiger partial charge is 0.338 e. The second-order valence-corrected chi connectivity index (χ2v) is 13.0. The van der Waals surface area contributed by atoms with Gasteiger partial charge < -0.3 is 9.47 Å². The lowest BCUT2D eigenvalue weighted by Gasteiger charge is -2.26. The number of rotatable bonds is 9. The molecule has 5 aromatic rings. The van der Waals surface area contributed by atoms with Crippen molar-refractivity contribution < 1.29 is 14.3 Å². The van der Waals surface area contributed by atoms with Crippen LogP contribution in [0, 0.1) is 0 Å². The summed E-state index contributed by atoms with van der Waals surface area (Å²) in [6.45, 7) is 2.36. The van der Waals surface area contributed by atoms with Gasteiger partial charge in [0.1, 0.15) is 12.4 Å². The Labute approximate surface area is 277 Å². The largest absolute Gasteiger partial charge is 0.488 e. The van der Waals surface area contributed by atoms with Crippen LogP contribution in [0.3, 0.4) is 0 Å². The number of carbonyl (C=O) groups is 1. The van der Waals surface area contributed by atoms with E-state index in [4.69, 9.17) is 14.5 Å². The Morgan fingerprint density at radius 3 is 2.40 bits per heavy atom. The van der Waals surface area contributed by atoms with Gasteiger partial charge in [-0.1, -0.05) is 100 Å². The lowest BCUT2D eigenvalue weighted by molar-refractivity contribution is -0.138. The van der Waals surface area contributed by atoms with Crippen molar-refractivity contribution in [3.05, 3.63) is 155 Å². The van der Waals surface area contributed by atoms with Crippen molar-refractivity contribution >= 4 is 56.8 Å². The van der Waals surface area contributed by atoms with Crippen LogP contribution in [0.1, 0.15) is 35.2 Å². The van der Waals surface area contributed by atoms with E-state index in [1.165, 1.54) is 11.3 Å². The van der Waals surface area contributed by atoms with Crippen molar-refractivity contribution in [1.29, 1.82) is 0 Å². The molecule has 1 aliphatic rings. The van der Waals surface area contributed by atoms with E-state index in [2.05, 4.69) is 15.9 Å². The fraction of sp³-hybridized carbons (Fsp3) is 0.139. The molecule has 0 saturated heterocycles. The Morgan fingerprint density at radius 2 is 1.71 bits per heavy atom. The van der Waals surface area contributed by atoms with Gasteiger partial charge in [0.05, 0.1) is 28.5 Å². The van der Waals surface area contributed by atoms with Crippen LogP contribution >= 0.6 is 39.0 Å². The van der Waals surface area contributed by atoms with Crippen molar-refractivity contribution in [2.24, 2.45) is 4.99 Å². The number of benzene rings is 4. The molecule has 0 spiro atoms. The Kier molecular flexibility index (Phi) is 9.49. The first-order valence-electron chi connectivity index (χ1n) is 14.4. The SMILES string of the molecule is CCOC(=O)C1=C(c2ccccc2)N=c2s/c(=C\c3cc(Br)ccc3OCc3ccccc3)c(=O)n2[C@@H]1c1ccc(SC)cc1. The number of nitrogens with zero attached hydrogens (tertiary/aromatic N) is 2. The normalized spacial score (nSPS) is 14.6. The van der Waals surface area contributed by atoms with Crippen LogP contribution in [0.5, 0.6) is 5.75 Å². The summed E-state index contributed by atoms with van der Waals surface area (Å²) in [4.78, 5) is 34.5. The molecule has 0 amide bonds. The molecule has 1 atom stereocenters. The molecule has 9 heteroatoms. The molecule has 0 radical (unpaired) electrons. The quantitative estimate of drug-likeness (QED) is 0.123. The highest BCUT2D eigenvalue weighted by Gasteiger charge is 2.35. The van der Waals surface area contributed by atoms with Crippen LogP contribution in [-0.2, 0) is 16.1 Å². The zero-order valence-corrected chi connectivity index (χ0v) is 27.8. The number of esters is 1. The summed E-state index contributed by atoms with van der Waals surface area (Å²) in [6, 6.07) is 32.4. The van der Waals surface area contributed by atoms with Crippen molar-refractivity contribution in [1.82, 2.24) is 4.57 Å². The van der Waals surface area contributed by atoms with Gasteiger partial charge in [-0.15, -0.1) is 11.8 Å². The summed E-state index contributed by atoms with van der Waals surface area (Å²) in [5, 5.41) is 0. The summed E-state index contributed by atoms with van der Waals surface area (Å²) in [7, 11) is 0. The molecule has 0 aliphatic carbocycles. The predicted molar refractivity (Wildman–Crippen MR) is 184 cm³/mol. The van der Waals surface area contributed by atoms with Crippen LogP contribution in [0.25, 0.3) is 11.8 Å². The average molecular weight is 698 g/mol. The van der Waals surface area contributed by atoms with Crippen molar-refractivity contribution in [3.63, 3.8) is 0 Å². The molecule has 0 unspecified atom stereocenters. The van der Waals surface area contributed by atoms with E-state index in [9.17, 15) is 9.59 Å². The molecular weight excluding hydrogens is 668 g/mol. The molecule has 2 heterocycles. The maximum Gasteiger partial charge on any atom is 0.338 e. The van der Waals surface area contributed by atoms with E-state index in [1.54, 1.807) is 23.3 Å². The summed E-state index contributed by atoms with van der Waals surface area (Å²) >= 11 is 6.48. The Morgan fingerprint density at radius 1 is 1.00 bits per heavy atom. The molecule has 0 saturated carbocycles. The van der Waals surface area contributed by atoms with E-state index in [0.717, 1.165) is 31.6 Å². The van der Waals surface area contributed by atoms with E-state index >= 15 is 0 Å².